The fourth-order valence-electron chi connectivity index (χ4n) is 1.58. The molecule has 0 aliphatic rings. The summed E-state index contributed by atoms with van der Waals surface area (Å²) in [5.41, 5.74) is 6.45. The first kappa shape index (κ1) is 12.8. The van der Waals surface area contributed by atoms with Crippen LogP contribution in [0.15, 0.2) is 36.7 Å². The summed E-state index contributed by atoms with van der Waals surface area (Å²) in [6.07, 6.45) is 2.78. The van der Waals surface area contributed by atoms with Crippen molar-refractivity contribution in [1.82, 2.24) is 9.97 Å². The number of anilines is 2. The Kier molecular flexibility index (Phi) is 3.61. The molecule has 98 valence electrons. The van der Waals surface area contributed by atoms with Crippen molar-refractivity contribution in [2.45, 2.75) is 0 Å². The van der Waals surface area contributed by atoms with Crippen molar-refractivity contribution in [2.75, 3.05) is 24.8 Å². The molecule has 0 saturated heterocycles. The molecule has 2 rings (SSSR count). The van der Waals surface area contributed by atoms with Crippen molar-refractivity contribution in [1.29, 1.82) is 0 Å². The highest BCUT2D eigenvalue weighted by Crippen LogP contribution is 2.19. The van der Waals surface area contributed by atoms with Gasteiger partial charge in [-0.1, -0.05) is 0 Å². The monoisotopic (exact) mass is 258 g/mol. The van der Waals surface area contributed by atoms with Gasteiger partial charge in [0.2, 0.25) is 0 Å². The smallest absolute Gasteiger partial charge is 0.278 e. The van der Waals surface area contributed by atoms with Crippen molar-refractivity contribution in [3.63, 3.8) is 0 Å². The second kappa shape index (κ2) is 5.34. The molecular weight excluding hydrogens is 244 g/mol. The lowest BCUT2D eigenvalue weighted by molar-refractivity contribution is 0.0988. The number of hydrogen-bond acceptors (Lipinski definition) is 5. The molecule has 0 spiro atoms. The number of carbonyl (C=O) groups excluding carboxylic acids is 1. The lowest BCUT2D eigenvalue weighted by atomic mass is 10.2. The van der Waals surface area contributed by atoms with Crippen LogP contribution in [-0.4, -0.2) is 30.0 Å². The highest BCUT2D eigenvalue weighted by Gasteiger charge is 2.15. The normalized spacial score (nSPS) is 10.0. The number of hydrogen-bond donors (Lipinski definition) is 1. The molecule has 0 atom stereocenters. The molecule has 0 fully saturated rings. The van der Waals surface area contributed by atoms with E-state index in [1.54, 1.807) is 38.4 Å². The zero-order valence-corrected chi connectivity index (χ0v) is 10.7. The molecule has 0 radical (unpaired) electrons. The number of methoxy groups -OCH3 is 1. The van der Waals surface area contributed by atoms with E-state index in [9.17, 15) is 4.79 Å². The van der Waals surface area contributed by atoms with E-state index in [1.807, 2.05) is 0 Å². The molecule has 2 aromatic rings. The summed E-state index contributed by atoms with van der Waals surface area (Å²) in [6.45, 7) is 0. The van der Waals surface area contributed by atoms with Crippen LogP contribution >= 0.6 is 0 Å². The number of amides is 1. The van der Waals surface area contributed by atoms with Crippen molar-refractivity contribution in [3.8, 4) is 5.75 Å². The lowest BCUT2D eigenvalue weighted by Crippen LogP contribution is -2.27. The van der Waals surface area contributed by atoms with Gasteiger partial charge >= 0.3 is 0 Å². The van der Waals surface area contributed by atoms with E-state index in [4.69, 9.17) is 10.5 Å². The summed E-state index contributed by atoms with van der Waals surface area (Å²) in [4.78, 5) is 21.5. The number of rotatable bonds is 3. The number of nitrogen functional groups attached to an aromatic ring is 1. The molecule has 0 saturated carbocycles. The van der Waals surface area contributed by atoms with Crippen molar-refractivity contribution in [2.24, 2.45) is 0 Å². The van der Waals surface area contributed by atoms with Crippen LogP contribution in [-0.2, 0) is 0 Å². The van der Waals surface area contributed by atoms with E-state index in [-0.39, 0.29) is 17.4 Å². The molecular formula is C13H14N4O2. The maximum Gasteiger partial charge on any atom is 0.278 e. The predicted octanol–water partition coefficient (Wildman–Crippen LogP) is 1.34. The van der Waals surface area contributed by atoms with E-state index in [1.165, 1.54) is 17.3 Å². The highest BCUT2D eigenvalue weighted by molar-refractivity contribution is 6.04. The third-order valence-electron chi connectivity index (χ3n) is 2.64. The second-order valence-corrected chi connectivity index (χ2v) is 3.89. The van der Waals surface area contributed by atoms with Crippen LogP contribution in [0, 0.1) is 0 Å². The Labute approximate surface area is 110 Å². The van der Waals surface area contributed by atoms with Gasteiger partial charge < -0.3 is 15.4 Å². The van der Waals surface area contributed by atoms with E-state index in [0.717, 1.165) is 11.4 Å². The first-order chi connectivity index (χ1) is 9.11. The van der Waals surface area contributed by atoms with Gasteiger partial charge in [-0.05, 0) is 24.3 Å². The summed E-state index contributed by atoms with van der Waals surface area (Å²) >= 11 is 0. The quantitative estimate of drug-likeness (QED) is 0.898. The molecule has 6 nitrogen and oxygen atoms in total. The number of carbonyl (C=O) groups is 1. The zero-order valence-electron chi connectivity index (χ0n) is 10.7. The molecule has 0 bridgehead atoms. The number of aromatic nitrogens is 2. The minimum Gasteiger partial charge on any atom is -0.497 e. The van der Waals surface area contributed by atoms with Gasteiger partial charge in [-0.15, -0.1) is 0 Å². The standard InChI is InChI=1S/C13H14N4O2/c1-17(9-3-5-10(19-2)6-4-9)13(18)11-7-15-8-12(14)16-11/h3-8H,1-2H3,(H2,14,16). The summed E-state index contributed by atoms with van der Waals surface area (Å²) in [5.74, 6) is 0.673. The van der Waals surface area contributed by atoms with Crippen LogP contribution in [0.5, 0.6) is 5.75 Å². The van der Waals surface area contributed by atoms with Gasteiger partial charge in [0.1, 0.15) is 17.3 Å². The molecule has 19 heavy (non-hydrogen) atoms. The Balaban J connectivity index is 2.23. The van der Waals surface area contributed by atoms with Crippen LogP contribution in [0.25, 0.3) is 0 Å². The van der Waals surface area contributed by atoms with Crippen LogP contribution in [0.4, 0.5) is 11.5 Å². The number of nitrogens with zero attached hydrogens (tertiary/aromatic N) is 3. The fraction of sp³-hybridized carbons (Fsp3) is 0.154. The molecule has 1 aromatic carbocycles. The van der Waals surface area contributed by atoms with Crippen molar-refractivity contribution < 1.29 is 9.53 Å². The van der Waals surface area contributed by atoms with E-state index >= 15 is 0 Å². The highest BCUT2D eigenvalue weighted by atomic mass is 16.5. The first-order valence-electron chi connectivity index (χ1n) is 5.61. The Morgan fingerprint density at radius 1 is 1.26 bits per heavy atom. The fourth-order valence-corrected chi connectivity index (χ4v) is 1.58. The molecule has 0 unspecified atom stereocenters. The Morgan fingerprint density at radius 2 is 1.95 bits per heavy atom. The Morgan fingerprint density at radius 3 is 2.53 bits per heavy atom. The number of ether oxygens (including phenoxy) is 1. The van der Waals surface area contributed by atoms with Gasteiger partial charge in [-0.3, -0.25) is 9.78 Å². The molecule has 1 amide bonds. The van der Waals surface area contributed by atoms with Gasteiger partial charge in [0.15, 0.2) is 0 Å². The van der Waals surface area contributed by atoms with Crippen LogP contribution in [0.2, 0.25) is 0 Å². The molecule has 0 aliphatic heterocycles. The van der Waals surface area contributed by atoms with Crippen LogP contribution in [0.1, 0.15) is 10.5 Å². The van der Waals surface area contributed by atoms with E-state index in [0.29, 0.717) is 0 Å². The average Bonchev–Trinajstić information content (AvgIpc) is 2.46. The second-order valence-electron chi connectivity index (χ2n) is 3.89. The molecule has 2 N–H and O–H groups in total. The van der Waals surface area contributed by atoms with Crippen LogP contribution < -0.4 is 15.4 Å². The lowest BCUT2D eigenvalue weighted by Gasteiger charge is -2.17. The summed E-state index contributed by atoms with van der Waals surface area (Å²) < 4.78 is 5.07. The topological polar surface area (TPSA) is 81.3 Å². The summed E-state index contributed by atoms with van der Waals surface area (Å²) in [7, 11) is 3.25. The first-order valence-corrected chi connectivity index (χ1v) is 5.61. The third kappa shape index (κ3) is 2.79. The third-order valence-corrected chi connectivity index (χ3v) is 2.64. The molecule has 1 heterocycles. The van der Waals surface area contributed by atoms with Gasteiger partial charge in [-0.25, -0.2) is 4.98 Å². The summed E-state index contributed by atoms with van der Waals surface area (Å²) in [5, 5.41) is 0. The Bertz CT molecular complexity index is 583. The molecule has 1 aromatic heterocycles. The molecule has 6 heteroatoms. The van der Waals surface area contributed by atoms with Gasteiger partial charge in [-0.2, -0.15) is 0 Å². The predicted molar refractivity (Wildman–Crippen MR) is 72.2 cm³/mol. The number of benzene rings is 1. The largest absolute Gasteiger partial charge is 0.497 e. The van der Waals surface area contributed by atoms with E-state index in [2.05, 4.69) is 9.97 Å². The molecule has 0 aliphatic carbocycles. The van der Waals surface area contributed by atoms with Crippen molar-refractivity contribution in [3.05, 3.63) is 42.4 Å². The summed E-state index contributed by atoms with van der Waals surface area (Å²) in [6, 6.07) is 7.14. The van der Waals surface area contributed by atoms with Crippen LogP contribution in [0.3, 0.4) is 0 Å². The zero-order chi connectivity index (χ0) is 13.8. The van der Waals surface area contributed by atoms with E-state index < -0.39 is 0 Å². The van der Waals surface area contributed by atoms with Crippen molar-refractivity contribution >= 4 is 17.4 Å². The minimum absolute atomic E-state index is 0.207. The van der Waals surface area contributed by atoms with Gasteiger partial charge in [0, 0.05) is 12.7 Å². The average molecular weight is 258 g/mol. The number of nitrogens with two attached hydrogens (primary N) is 1. The maximum atomic E-state index is 12.2. The minimum atomic E-state index is -0.273. The van der Waals surface area contributed by atoms with Gasteiger partial charge in [0.05, 0.1) is 19.5 Å². The van der Waals surface area contributed by atoms with Gasteiger partial charge in [0.25, 0.3) is 5.91 Å². The maximum absolute atomic E-state index is 12.2. The Hall–Kier alpha value is -2.63. The SMILES string of the molecule is COc1ccc(N(C)C(=O)c2cncc(N)n2)cc1.